The number of benzene rings is 2. The van der Waals surface area contributed by atoms with Gasteiger partial charge >= 0.3 is 0 Å². The minimum absolute atomic E-state index is 0.0288. The summed E-state index contributed by atoms with van der Waals surface area (Å²) in [5.41, 5.74) is 0.782. The average Bonchev–Trinajstić information content (AvgIpc) is 2.79. The normalized spacial score (nSPS) is 14.8. The fourth-order valence-electron chi connectivity index (χ4n) is 3.83. The van der Waals surface area contributed by atoms with Crippen molar-refractivity contribution in [3.05, 3.63) is 58.6 Å². The minimum Gasteiger partial charge on any atom is -0.379 e. The van der Waals surface area contributed by atoms with E-state index in [2.05, 4.69) is 10.6 Å². The van der Waals surface area contributed by atoms with Crippen LogP contribution in [0.5, 0.6) is 0 Å². The van der Waals surface area contributed by atoms with Crippen LogP contribution in [0, 0.1) is 10.1 Å². The molecule has 1 fully saturated rings. The van der Waals surface area contributed by atoms with Gasteiger partial charge in [-0.2, -0.15) is 4.31 Å². The molecule has 1 saturated carbocycles. The Labute approximate surface area is 188 Å². The maximum absolute atomic E-state index is 12.9. The van der Waals surface area contributed by atoms with Gasteiger partial charge in [0.05, 0.1) is 9.82 Å². The van der Waals surface area contributed by atoms with Gasteiger partial charge in [0.25, 0.3) is 5.69 Å². The number of anilines is 2. The molecular formula is C22H28N4O5S. The van der Waals surface area contributed by atoms with Crippen LogP contribution in [-0.4, -0.2) is 43.2 Å². The zero-order chi connectivity index (χ0) is 23.1. The second kappa shape index (κ2) is 10.6. The summed E-state index contributed by atoms with van der Waals surface area (Å²) in [6, 6.07) is 12.4. The Bertz CT molecular complexity index is 1050. The van der Waals surface area contributed by atoms with E-state index in [9.17, 15) is 23.3 Å². The Balaban J connectivity index is 1.54. The highest BCUT2D eigenvalue weighted by Gasteiger charge is 2.28. The van der Waals surface area contributed by atoms with Gasteiger partial charge in [0.1, 0.15) is 5.69 Å². The van der Waals surface area contributed by atoms with E-state index in [-0.39, 0.29) is 35.5 Å². The molecule has 2 aromatic rings. The summed E-state index contributed by atoms with van der Waals surface area (Å²) in [4.78, 5) is 23.0. The molecule has 0 saturated heterocycles. The Morgan fingerprint density at radius 2 is 1.75 bits per heavy atom. The van der Waals surface area contributed by atoms with Crippen molar-refractivity contribution < 1.29 is 18.1 Å². The lowest BCUT2D eigenvalue weighted by Crippen LogP contribution is -2.38. The molecule has 0 unspecified atom stereocenters. The van der Waals surface area contributed by atoms with E-state index < -0.39 is 14.9 Å². The highest BCUT2D eigenvalue weighted by molar-refractivity contribution is 7.89. The van der Waals surface area contributed by atoms with Crippen LogP contribution in [0.1, 0.15) is 38.5 Å². The highest BCUT2D eigenvalue weighted by atomic mass is 32.2. The lowest BCUT2D eigenvalue weighted by atomic mass is 9.96. The van der Waals surface area contributed by atoms with E-state index in [1.54, 1.807) is 37.4 Å². The summed E-state index contributed by atoms with van der Waals surface area (Å²) in [6.45, 7) is 0.218. The fourth-order valence-corrected chi connectivity index (χ4v) is 5.25. The van der Waals surface area contributed by atoms with Crippen molar-refractivity contribution in [2.45, 2.75) is 49.5 Å². The van der Waals surface area contributed by atoms with Crippen molar-refractivity contribution in [1.29, 1.82) is 0 Å². The summed E-state index contributed by atoms with van der Waals surface area (Å²) in [6.07, 6.45) is 5.09. The first kappa shape index (κ1) is 23.7. The van der Waals surface area contributed by atoms with Gasteiger partial charge in [0.2, 0.25) is 15.9 Å². The molecule has 0 aliphatic heterocycles. The van der Waals surface area contributed by atoms with Gasteiger partial charge in [0, 0.05) is 37.8 Å². The molecule has 10 heteroatoms. The zero-order valence-corrected chi connectivity index (χ0v) is 18.8. The van der Waals surface area contributed by atoms with Gasteiger partial charge in [-0.15, -0.1) is 0 Å². The van der Waals surface area contributed by atoms with E-state index >= 15 is 0 Å². The molecule has 172 valence electrons. The number of hydrogen-bond acceptors (Lipinski definition) is 6. The van der Waals surface area contributed by atoms with Gasteiger partial charge in [-0.25, -0.2) is 8.42 Å². The van der Waals surface area contributed by atoms with Crippen molar-refractivity contribution in [1.82, 2.24) is 4.31 Å². The maximum Gasteiger partial charge on any atom is 0.292 e. The summed E-state index contributed by atoms with van der Waals surface area (Å²) < 4.78 is 27.3. The van der Waals surface area contributed by atoms with Gasteiger partial charge in [-0.05, 0) is 43.2 Å². The molecule has 1 aliphatic carbocycles. The smallest absolute Gasteiger partial charge is 0.292 e. The van der Waals surface area contributed by atoms with Gasteiger partial charge in [-0.1, -0.05) is 31.4 Å². The third-order valence-corrected chi connectivity index (χ3v) is 7.60. The first-order valence-electron chi connectivity index (χ1n) is 10.6. The van der Waals surface area contributed by atoms with E-state index in [0.29, 0.717) is 11.4 Å². The molecule has 0 atom stereocenters. The van der Waals surface area contributed by atoms with Crippen molar-refractivity contribution in [3.63, 3.8) is 0 Å². The first-order chi connectivity index (χ1) is 15.3. The van der Waals surface area contributed by atoms with Crippen LogP contribution in [0.4, 0.5) is 17.1 Å². The maximum atomic E-state index is 12.9. The van der Waals surface area contributed by atoms with Crippen LogP contribution in [0.25, 0.3) is 0 Å². The van der Waals surface area contributed by atoms with E-state index in [0.717, 1.165) is 32.1 Å². The molecule has 9 nitrogen and oxygen atoms in total. The first-order valence-corrected chi connectivity index (χ1v) is 12.1. The van der Waals surface area contributed by atoms with Crippen LogP contribution in [0.15, 0.2) is 53.4 Å². The van der Waals surface area contributed by atoms with Crippen molar-refractivity contribution in [2.75, 3.05) is 24.2 Å². The van der Waals surface area contributed by atoms with Gasteiger partial charge in [0.15, 0.2) is 0 Å². The Kier molecular flexibility index (Phi) is 7.81. The van der Waals surface area contributed by atoms with Crippen LogP contribution in [-0.2, 0) is 14.8 Å². The SMILES string of the molecule is CN(C1CCCCC1)S(=O)(=O)c1ccc(NC(=O)CCNc2ccccc2[N+](=O)[O-])cc1. The number of sulfonamides is 1. The average molecular weight is 461 g/mol. The number of carbonyl (C=O) groups excluding carboxylic acids is 1. The quantitative estimate of drug-likeness (QED) is 0.431. The molecule has 0 radical (unpaired) electrons. The second-order valence-corrected chi connectivity index (χ2v) is 9.83. The molecule has 2 N–H and O–H groups in total. The number of nitrogens with zero attached hydrogens (tertiary/aromatic N) is 2. The third kappa shape index (κ3) is 5.83. The number of carbonyl (C=O) groups is 1. The number of nitro groups is 1. The lowest BCUT2D eigenvalue weighted by molar-refractivity contribution is -0.384. The zero-order valence-electron chi connectivity index (χ0n) is 18.0. The lowest BCUT2D eigenvalue weighted by Gasteiger charge is -2.30. The topological polar surface area (TPSA) is 122 Å². The number of rotatable bonds is 9. The molecule has 2 aromatic carbocycles. The van der Waals surface area contributed by atoms with Crippen molar-refractivity contribution in [3.8, 4) is 0 Å². The largest absolute Gasteiger partial charge is 0.379 e. The van der Waals surface area contributed by atoms with Crippen LogP contribution in [0.3, 0.4) is 0 Å². The number of hydrogen-bond donors (Lipinski definition) is 2. The number of nitrogens with one attached hydrogen (secondary N) is 2. The molecule has 0 spiro atoms. The summed E-state index contributed by atoms with van der Waals surface area (Å²) in [7, 11) is -1.95. The van der Waals surface area contributed by atoms with E-state index in [4.69, 9.17) is 0 Å². The third-order valence-electron chi connectivity index (χ3n) is 5.67. The van der Waals surface area contributed by atoms with E-state index in [1.807, 2.05) is 0 Å². The minimum atomic E-state index is -3.58. The van der Waals surface area contributed by atoms with Crippen LogP contribution >= 0.6 is 0 Å². The molecule has 0 bridgehead atoms. The van der Waals surface area contributed by atoms with Crippen molar-refractivity contribution >= 4 is 33.0 Å². The summed E-state index contributed by atoms with van der Waals surface area (Å²) in [5, 5.41) is 16.6. The summed E-state index contributed by atoms with van der Waals surface area (Å²) >= 11 is 0. The van der Waals surface area contributed by atoms with Gasteiger partial charge < -0.3 is 10.6 Å². The van der Waals surface area contributed by atoms with Crippen LogP contribution < -0.4 is 10.6 Å². The highest BCUT2D eigenvalue weighted by Crippen LogP contribution is 2.27. The monoisotopic (exact) mass is 460 g/mol. The number of amides is 1. The molecule has 32 heavy (non-hydrogen) atoms. The molecule has 3 rings (SSSR count). The molecule has 1 aliphatic rings. The Morgan fingerprint density at radius 1 is 1.09 bits per heavy atom. The molecular weight excluding hydrogens is 432 g/mol. The number of nitro benzene ring substituents is 1. The summed E-state index contributed by atoms with van der Waals surface area (Å²) in [5.74, 6) is -0.286. The number of para-hydroxylation sites is 2. The fraction of sp³-hybridized carbons (Fsp3) is 0.409. The predicted octanol–water partition coefficient (Wildman–Crippen LogP) is 3.99. The second-order valence-electron chi connectivity index (χ2n) is 7.84. The predicted molar refractivity (Wildman–Crippen MR) is 123 cm³/mol. The molecule has 0 heterocycles. The molecule has 1 amide bonds. The Morgan fingerprint density at radius 3 is 2.41 bits per heavy atom. The Hall–Kier alpha value is -2.98. The van der Waals surface area contributed by atoms with Crippen LogP contribution in [0.2, 0.25) is 0 Å². The van der Waals surface area contributed by atoms with Gasteiger partial charge in [-0.3, -0.25) is 14.9 Å². The molecule has 0 aromatic heterocycles. The van der Waals surface area contributed by atoms with E-state index in [1.165, 1.54) is 22.5 Å². The van der Waals surface area contributed by atoms with Crippen molar-refractivity contribution in [2.24, 2.45) is 0 Å². The standard InChI is InChI=1S/C22H28N4O5S/c1-25(18-7-3-2-4-8-18)32(30,31)19-13-11-17(12-14-19)24-22(27)15-16-23-20-9-5-6-10-21(20)26(28)29/h5-6,9-14,18,23H,2-4,7-8,15-16H2,1H3,(H,24,27).